The maximum Gasteiger partial charge on any atom is 0.193 e. The van der Waals surface area contributed by atoms with Crippen molar-refractivity contribution in [3.05, 3.63) is 0 Å². The number of terminal acetylenes is 1. The lowest BCUT2D eigenvalue weighted by Crippen LogP contribution is -2.49. The second kappa shape index (κ2) is 9.93. The molecule has 0 aliphatic heterocycles. The van der Waals surface area contributed by atoms with Crippen LogP contribution < -0.4 is 0 Å². The first kappa shape index (κ1) is 30.1. The third-order valence-corrected chi connectivity index (χ3v) is 21.1. The summed E-state index contributed by atoms with van der Waals surface area (Å²) in [6, 6.07) is 0. The van der Waals surface area contributed by atoms with Crippen LogP contribution in [0.2, 0.25) is 54.4 Å². The van der Waals surface area contributed by atoms with E-state index in [1.165, 1.54) is 0 Å². The van der Waals surface area contributed by atoms with Crippen molar-refractivity contribution in [3.8, 4) is 12.3 Å². The van der Waals surface area contributed by atoms with Crippen LogP contribution in [0.4, 0.5) is 0 Å². The molecule has 178 valence electrons. The summed E-state index contributed by atoms with van der Waals surface area (Å²) >= 11 is 0. The fourth-order valence-electron chi connectivity index (χ4n) is 2.18. The van der Waals surface area contributed by atoms with Crippen LogP contribution in [0.25, 0.3) is 0 Å². The molecule has 0 aromatic heterocycles. The minimum Gasteiger partial charge on any atom is -0.414 e. The molecular formula is C24H52O3Si3. The van der Waals surface area contributed by atoms with E-state index in [-0.39, 0.29) is 27.3 Å². The first-order valence-electron chi connectivity index (χ1n) is 11.4. The van der Waals surface area contributed by atoms with Gasteiger partial charge >= 0.3 is 0 Å². The number of hydrogen-bond donors (Lipinski definition) is 0. The van der Waals surface area contributed by atoms with Gasteiger partial charge in [0.1, 0.15) is 6.10 Å². The summed E-state index contributed by atoms with van der Waals surface area (Å²) in [7, 11) is -5.80. The second-order valence-corrected chi connectivity index (χ2v) is 27.7. The molecule has 0 fully saturated rings. The fourth-order valence-corrected chi connectivity index (χ4v) is 5.80. The summed E-state index contributed by atoms with van der Waals surface area (Å²) in [5.74, 6) is 2.92. The highest BCUT2D eigenvalue weighted by molar-refractivity contribution is 6.75. The van der Waals surface area contributed by atoms with Gasteiger partial charge in [-0.2, -0.15) is 0 Å². The van der Waals surface area contributed by atoms with Crippen LogP contribution in [0.1, 0.15) is 68.7 Å². The zero-order valence-corrected chi connectivity index (χ0v) is 25.9. The van der Waals surface area contributed by atoms with E-state index in [2.05, 4.69) is 108 Å². The smallest absolute Gasteiger partial charge is 0.193 e. The molecule has 0 saturated carbocycles. The lowest BCUT2D eigenvalue weighted by molar-refractivity contribution is 0.0716. The molecule has 0 aromatic carbocycles. The Hall–Kier alpha value is 0.0906. The molecule has 2 atom stereocenters. The minimum absolute atomic E-state index is 0.0502. The van der Waals surface area contributed by atoms with Gasteiger partial charge < -0.3 is 13.3 Å². The molecule has 0 spiro atoms. The zero-order chi connectivity index (χ0) is 24.4. The van der Waals surface area contributed by atoms with E-state index < -0.39 is 25.0 Å². The van der Waals surface area contributed by atoms with Crippen molar-refractivity contribution in [2.75, 3.05) is 6.61 Å². The molecule has 3 nitrogen and oxygen atoms in total. The van der Waals surface area contributed by atoms with E-state index in [0.29, 0.717) is 13.0 Å². The first-order chi connectivity index (χ1) is 13.0. The molecule has 0 aliphatic carbocycles. The van der Waals surface area contributed by atoms with Gasteiger partial charge in [0.2, 0.25) is 0 Å². The van der Waals surface area contributed by atoms with Crippen molar-refractivity contribution in [2.45, 2.75) is 135 Å². The van der Waals surface area contributed by atoms with Crippen LogP contribution in [0.15, 0.2) is 0 Å². The first-order valence-corrected chi connectivity index (χ1v) is 20.1. The topological polar surface area (TPSA) is 27.7 Å². The summed E-state index contributed by atoms with van der Waals surface area (Å²) in [5.41, 5.74) is 0. The molecule has 6 heteroatoms. The Bertz CT molecular complexity index is 585. The van der Waals surface area contributed by atoms with Crippen LogP contribution in [0.5, 0.6) is 0 Å². The van der Waals surface area contributed by atoms with E-state index >= 15 is 0 Å². The van der Waals surface area contributed by atoms with Gasteiger partial charge in [-0.05, 0) is 54.4 Å². The van der Waals surface area contributed by atoms with Crippen molar-refractivity contribution in [2.24, 2.45) is 0 Å². The van der Waals surface area contributed by atoms with E-state index in [1.54, 1.807) is 0 Å². The molecular weight excluding hydrogens is 421 g/mol. The largest absolute Gasteiger partial charge is 0.414 e. The van der Waals surface area contributed by atoms with Gasteiger partial charge in [0.15, 0.2) is 25.0 Å². The highest BCUT2D eigenvalue weighted by Crippen LogP contribution is 2.41. The monoisotopic (exact) mass is 472 g/mol. The Morgan fingerprint density at radius 2 is 1.03 bits per heavy atom. The van der Waals surface area contributed by atoms with Gasteiger partial charge in [0.25, 0.3) is 0 Å². The lowest BCUT2D eigenvalue weighted by Gasteiger charge is -2.43. The Labute approximate surface area is 192 Å². The van der Waals surface area contributed by atoms with E-state index in [1.807, 2.05) is 0 Å². The summed E-state index contributed by atoms with van der Waals surface area (Å²) in [5, 5.41) is 0.418. The lowest BCUT2D eigenvalue weighted by atomic mass is 10.2. The number of hydrogen-bond acceptors (Lipinski definition) is 3. The van der Waals surface area contributed by atoms with Gasteiger partial charge in [-0.25, -0.2) is 0 Å². The molecule has 0 saturated heterocycles. The maximum atomic E-state index is 6.82. The van der Waals surface area contributed by atoms with E-state index in [9.17, 15) is 0 Å². The SMILES string of the molecule is C#C[C@H](C[C@H](CO[Si](C)(C)C(C)(C)C)O[Si](C)(C)C(C)(C)C)O[Si](C)(C)C(C)(C)C. The van der Waals surface area contributed by atoms with E-state index in [4.69, 9.17) is 19.7 Å². The van der Waals surface area contributed by atoms with Gasteiger partial charge in [-0.1, -0.05) is 68.2 Å². The quantitative estimate of drug-likeness (QED) is 0.253. The molecule has 0 unspecified atom stereocenters. The van der Waals surface area contributed by atoms with Crippen LogP contribution in [-0.2, 0) is 13.3 Å². The van der Waals surface area contributed by atoms with E-state index in [0.717, 1.165) is 0 Å². The van der Waals surface area contributed by atoms with Crippen molar-refractivity contribution < 1.29 is 13.3 Å². The average Bonchev–Trinajstić information content (AvgIpc) is 2.48. The van der Waals surface area contributed by atoms with Crippen LogP contribution in [-0.4, -0.2) is 43.8 Å². The standard InChI is InChI=1S/C24H52O3Si3/c1-17-20(26-29(13,14)23(5,6)7)18-21(27-30(15,16)24(8,9)10)19-25-28(11,12)22(2,3)4/h1,20-21H,18-19H2,2-16H3/t20-,21-/m1/s1. The maximum absolute atomic E-state index is 6.82. The minimum atomic E-state index is -1.96. The summed E-state index contributed by atoms with van der Waals surface area (Å²) < 4.78 is 20.0. The Morgan fingerprint density at radius 3 is 1.37 bits per heavy atom. The average molecular weight is 473 g/mol. The summed E-state index contributed by atoms with van der Waals surface area (Å²) in [6.45, 7) is 34.7. The molecule has 0 radical (unpaired) electrons. The molecule has 0 aliphatic rings. The van der Waals surface area contributed by atoms with Crippen LogP contribution in [0, 0.1) is 12.3 Å². The Balaban J connectivity index is 5.65. The molecule has 0 heterocycles. The third-order valence-electron chi connectivity index (χ3n) is 7.61. The molecule has 0 aromatic rings. The van der Waals surface area contributed by atoms with Gasteiger partial charge in [0, 0.05) is 6.42 Å². The predicted molar refractivity (Wildman–Crippen MR) is 141 cm³/mol. The summed E-state index contributed by atoms with van der Waals surface area (Å²) in [4.78, 5) is 0. The normalized spacial score (nSPS) is 16.9. The molecule has 0 N–H and O–H groups in total. The molecule has 30 heavy (non-hydrogen) atoms. The molecule has 0 rings (SSSR count). The van der Waals surface area contributed by atoms with Crippen molar-refractivity contribution in [1.82, 2.24) is 0 Å². The van der Waals surface area contributed by atoms with Gasteiger partial charge in [-0.3, -0.25) is 0 Å². The molecule has 0 bridgehead atoms. The Morgan fingerprint density at radius 1 is 0.667 bits per heavy atom. The Kier molecular flexibility index (Phi) is 9.96. The summed E-state index contributed by atoms with van der Waals surface area (Å²) in [6.07, 6.45) is 6.33. The van der Waals surface area contributed by atoms with Crippen LogP contribution in [0.3, 0.4) is 0 Å². The van der Waals surface area contributed by atoms with Gasteiger partial charge in [-0.15, -0.1) is 6.42 Å². The third kappa shape index (κ3) is 8.55. The van der Waals surface area contributed by atoms with Crippen molar-refractivity contribution in [1.29, 1.82) is 0 Å². The zero-order valence-electron chi connectivity index (χ0n) is 22.9. The van der Waals surface area contributed by atoms with Gasteiger partial charge in [0.05, 0.1) is 12.7 Å². The van der Waals surface area contributed by atoms with Crippen molar-refractivity contribution >= 4 is 25.0 Å². The molecule has 0 amide bonds. The van der Waals surface area contributed by atoms with Crippen molar-refractivity contribution in [3.63, 3.8) is 0 Å². The fraction of sp³-hybridized carbons (Fsp3) is 0.917. The highest BCUT2D eigenvalue weighted by Gasteiger charge is 2.43. The second-order valence-electron chi connectivity index (χ2n) is 13.3. The van der Waals surface area contributed by atoms with Crippen LogP contribution >= 0.6 is 0 Å². The highest BCUT2D eigenvalue weighted by atomic mass is 28.4. The predicted octanol–water partition coefficient (Wildman–Crippen LogP) is 7.81. The number of rotatable bonds is 9.